The Labute approximate surface area is 151 Å². The van der Waals surface area contributed by atoms with Crippen molar-refractivity contribution in [2.24, 2.45) is 5.41 Å². The predicted molar refractivity (Wildman–Crippen MR) is 98.6 cm³/mol. The molecule has 0 atom stereocenters. The Morgan fingerprint density at radius 1 is 1.25 bits per heavy atom. The quantitative estimate of drug-likeness (QED) is 0.800. The van der Waals surface area contributed by atoms with Crippen LogP contribution in [0.4, 0.5) is 5.69 Å². The fraction of sp³-hybridized carbons (Fsp3) is 0.412. The molecule has 24 heavy (non-hydrogen) atoms. The van der Waals surface area contributed by atoms with Gasteiger partial charge >= 0.3 is 0 Å². The van der Waals surface area contributed by atoms with Crippen LogP contribution in [0.2, 0.25) is 10.0 Å². The van der Waals surface area contributed by atoms with Crippen LogP contribution in [0.15, 0.2) is 35.3 Å². The van der Waals surface area contributed by atoms with E-state index in [-0.39, 0.29) is 16.0 Å². The first-order valence-corrected chi connectivity index (χ1v) is 8.36. The van der Waals surface area contributed by atoms with Crippen LogP contribution in [-0.4, -0.2) is 30.0 Å². The number of nitrogens with one attached hydrogen (secondary N) is 1. The second-order valence-electron chi connectivity index (χ2n) is 6.33. The summed E-state index contributed by atoms with van der Waals surface area (Å²) in [5.74, 6) is 0. The number of hydrogen-bond donors (Lipinski definition) is 1. The Balaban J connectivity index is 2.18. The lowest BCUT2D eigenvalue weighted by Gasteiger charge is -2.25. The number of ether oxygens (including phenoxy) is 1. The average molecular weight is 370 g/mol. The topological polar surface area (TPSA) is 56.1 Å². The number of benzene rings is 1. The van der Waals surface area contributed by atoms with Crippen molar-refractivity contribution in [2.45, 2.75) is 20.3 Å². The fourth-order valence-corrected chi connectivity index (χ4v) is 2.45. The first-order valence-electron chi connectivity index (χ1n) is 7.61. The molecule has 0 saturated carbocycles. The van der Waals surface area contributed by atoms with Gasteiger partial charge < -0.3 is 10.1 Å². The third kappa shape index (κ3) is 4.72. The summed E-state index contributed by atoms with van der Waals surface area (Å²) in [6.45, 7) is 5.57. The monoisotopic (exact) mass is 369 g/mol. The molecule has 0 aliphatic carbocycles. The lowest BCUT2D eigenvalue weighted by molar-refractivity contribution is 0.157. The number of anilines is 1. The highest BCUT2D eigenvalue weighted by Gasteiger charge is 2.19. The van der Waals surface area contributed by atoms with E-state index in [1.807, 2.05) is 0 Å². The maximum atomic E-state index is 12.4. The molecule has 0 fully saturated rings. The summed E-state index contributed by atoms with van der Waals surface area (Å²) in [4.78, 5) is 12.4. The van der Waals surface area contributed by atoms with E-state index in [2.05, 4.69) is 24.3 Å². The molecule has 1 heterocycles. The summed E-state index contributed by atoms with van der Waals surface area (Å²) in [5.41, 5.74) is 0.763. The highest BCUT2D eigenvalue weighted by atomic mass is 35.5. The summed E-state index contributed by atoms with van der Waals surface area (Å²) in [7, 11) is 1.68. The molecule has 2 aromatic rings. The Hall–Kier alpha value is -1.56. The zero-order chi connectivity index (χ0) is 17.7. The minimum absolute atomic E-state index is 0.00435. The van der Waals surface area contributed by atoms with Gasteiger partial charge in [0.1, 0.15) is 5.02 Å². The third-order valence-electron chi connectivity index (χ3n) is 3.73. The number of rotatable bonds is 7. The second kappa shape index (κ2) is 8.01. The van der Waals surface area contributed by atoms with Gasteiger partial charge in [-0.05, 0) is 36.1 Å². The van der Waals surface area contributed by atoms with Crippen molar-refractivity contribution in [3.63, 3.8) is 0 Å². The normalized spacial score (nSPS) is 11.5. The van der Waals surface area contributed by atoms with Crippen molar-refractivity contribution in [3.8, 4) is 5.69 Å². The van der Waals surface area contributed by atoms with Gasteiger partial charge in [0.2, 0.25) is 0 Å². The highest BCUT2D eigenvalue weighted by molar-refractivity contribution is 6.33. The van der Waals surface area contributed by atoms with Crippen molar-refractivity contribution in [2.75, 3.05) is 25.6 Å². The molecule has 0 unspecified atom stereocenters. The summed E-state index contributed by atoms with van der Waals surface area (Å²) in [5, 5.41) is 8.10. The van der Waals surface area contributed by atoms with E-state index in [0.29, 0.717) is 29.5 Å². The molecular weight excluding hydrogens is 349 g/mol. The van der Waals surface area contributed by atoms with Crippen LogP contribution in [0.1, 0.15) is 20.3 Å². The zero-order valence-electron chi connectivity index (χ0n) is 14.0. The van der Waals surface area contributed by atoms with Crippen molar-refractivity contribution in [1.29, 1.82) is 0 Å². The summed E-state index contributed by atoms with van der Waals surface area (Å²) < 4.78 is 6.37. The molecule has 0 saturated heterocycles. The van der Waals surface area contributed by atoms with Crippen LogP contribution in [0.5, 0.6) is 0 Å². The Morgan fingerprint density at radius 2 is 1.92 bits per heavy atom. The molecule has 5 nitrogen and oxygen atoms in total. The van der Waals surface area contributed by atoms with Gasteiger partial charge in [0.05, 0.1) is 17.6 Å². The lowest BCUT2D eigenvalue weighted by atomic mass is 9.89. The minimum atomic E-state index is -0.376. The van der Waals surface area contributed by atoms with Crippen LogP contribution in [0.3, 0.4) is 0 Å². The van der Waals surface area contributed by atoms with Gasteiger partial charge in [-0.15, -0.1) is 0 Å². The molecule has 2 rings (SSSR count). The van der Waals surface area contributed by atoms with Gasteiger partial charge in [-0.1, -0.05) is 37.0 Å². The molecule has 0 amide bonds. The van der Waals surface area contributed by atoms with Gasteiger partial charge in [-0.25, -0.2) is 0 Å². The predicted octanol–water partition coefficient (Wildman–Crippen LogP) is 4.01. The second-order valence-corrected chi connectivity index (χ2v) is 7.14. The summed E-state index contributed by atoms with van der Waals surface area (Å²) in [6, 6.07) is 6.83. The number of methoxy groups -OCH3 is 1. The first-order chi connectivity index (χ1) is 11.3. The van der Waals surface area contributed by atoms with Crippen LogP contribution in [-0.2, 0) is 4.74 Å². The SMILES string of the molecule is COCCC(C)(C)CNc1cnn(-c2ccc(Cl)cc2)c(=O)c1Cl. The van der Waals surface area contributed by atoms with Crippen LogP contribution < -0.4 is 10.9 Å². The maximum absolute atomic E-state index is 12.4. The van der Waals surface area contributed by atoms with E-state index >= 15 is 0 Å². The first kappa shape index (κ1) is 18.8. The average Bonchev–Trinajstić information content (AvgIpc) is 2.55. The zero-order valence-corrected chi connectivity index (χ0v) is 15.5. The fourth-order valence-electron chi connectivity index (χ4n) is 2.12. The Bertz CT molecular complexity index is 742. The number of nitrogens with zero attached hydrogens (tertiary/aromatic N) is 2. The Morgan fingerprint density at radius 3 is 2.54 bits per heavy atom. The van der Waals surface area contributed by atoms with Crippen molar-refractivity contribution >= 4 is 28.9 Å². The van der Waals surface area contributed by atoms with Crippen molar-refractivity contribution < 1.29 is 4.74 Å². The molecule has 130 valence electrons. The molecule has 7 heteroatoms. The van der Waals surface area contributed by atoms with Gasteiger partial charge in [-0.2, -0.15) is 9.78 Å². The summed E-state index contributed by atoms with van der Waals surface area (Å²) >= 11 is 12.1. The van der Waals surface area contributed by atoms with Crippen LogP contribution in [0.25, 0.3) is 5.69 Å². The van der Waals surface area contributed by atoms with Gasteiger partial charge in [0, 0.05) is 25.3 Å². The van der Waals surface area contributed by atoms with E-state index in [0.717, 1.165) is 6.42 Å². The molecule has 0 spiro atoms. The number of aromatic nitrogens is 2. The summed E-state index contributed by atoms with van der Waals surface area (Å²) in [6.07, 6.45) is 2.45. The van der Waals surface area contributed by atoms with E-state index in [9.17, 15) is 4.79 Å². The highest BCUT2D eigenvalue weighted by Crippen LogP contribution is 2.23. The third-order valence-corrected chi connectivity index (χ3v) is 4.35. The largest absolute Gasteiger partial charge is 0.385 e. The molecule has 0 aliphatic rings. The van der Waals surface area contributed by atoms with Gasteiger partial charge in [0.25, 0.3) is 5.56 Å². The molecule has 0 bridgehead atoms. The van der Waals surface area contributed by atoms with E-state index < -0.39 is 0 Å². The number of hydrogen-bond acceptors (Lipinski definition) is 4. The molecule has 1 N–H and O–H groups in total. The van der Waals surface area contributed by atoms with Crippen molar-refractivity contribution in [3.05, 3.63) is 50.9 Å². The van der Waals surface area contributed by atoms with E-state index in [1.54, 1.807) is 37.6 Å². The van der Waals surface area contributed by atoms with Crippen LogP contribution in [0, 0.1) is 5.41 Å². The number of halogens is 2. The van der Waals surface area contributed by atoms with Gasteiger partial charge in [-0.3, -0.25) is 4.79 Å². The van der Waals surface area contributed by atoms with Crippen LogP contribution >= 0.6 is 23.2 Å². The standard InChI is InChI=1S/C17H21Cl2N3O2/c1-17(2,8-9-24-3)11-20-14-10-21-22(16(23)15(14)19)13-6-4-12(18)5-7-13/h4-7,10,20H,8-9,11H2,1-3H3. The lowest BCUT2D eigenvalue weighted by Crippen LogP contribution is -2.27. The molecule has 1 aromatic carbocycles. The Kier molecular flexibility index (Phi) is 6.27. The van der Waals surface area contributed by atoms with E-state index in [1.165, 1.54) is 4.68 Å². The van der Waals surface area contributed by atoms with Gasteiger partial charge in [0.15, 0.2) is 0 Å². The molecular formula is C17H21Cl2N3O2. The molecule has 1 aromatic heterocycles. The minimum Gasteiger partial charge on any atom is -0.385 e. The molecule has 0 radical (unpaired) electrons. The maximum Gasteiger partial charge on any atom is 0.292 e. The molecule has 0 aliphatic heterocycles. The van der Waals surface area contributed by atoms with Crippen molar-refractivity contribution in [1.82, 2.24) is 9.78 Å². The smallest absolute Gasteiger partial charge is 0.292 e. The van der Waals surface area contributed by atoms with E-state index in [4.69, 9.17) is 27.9 Å².